The lowest BCUT2D eigenvalue weighted by molar-refractivity contribution is 0.0912. The van der Waals surface area contributed by atoms with E-state index < -0.39 is 0 Å². The number of nitrogens with one attached hydrogen (secondary N) is 1. The summed E-state index contributed by atoms with van der Waals surface area (Å²) in [5.74, 6) is 5.78. The van der Waals surface area contributed by atoms with Crippen molar-refractivity contribution < 1.29 is 0 Å². The van der Waals surface area contributed by atoms with E-state index >= 15 is 0 Å². The van der Waals surface area contributed by atoms with Crippen LogP contribution in [-0.4, -0.2) is 29.6 Å². The van der Waals surface area contributed by atoms with Crippen molar-refractivity contribution in [3.63, 3.8) is 0 Å². The second-order valence-corrected chi connectivity index (χ2v) is 5.75. The quantitative estimate of drug-likeness (QED) is 0.597. The first-order valence-electron chi connectivity index (χ1n) is 6.91. The molecule has 0 saturated heterocycles. The summed E-state index contributed by atoms with van der Waals surface area (Å²) < 4.78 is 0. The van der Waals surface area contributed by atoms with Crippen LogP contribution in [0.5, 0.6) is 0 Å². The highest BCUT2D eigenvalue weighted by Crippen LogP contribution is 2.24. The minimum Gasteiger partial charge on any atom is -0.297 e. The van der Waals surface area contributed by atoms with Crippen molar-refractivity contribution in [1.29, 1.82) is 0 Å². The molecule has 1 aromatic rings. The van der Waals surface area contributed by atoms with Crippen LogP contribution in [0.25, 0.3) is 0 Å². The van der Waals surface area contributed by atoms with E-state index in [0.29, 0.717) is 0 Å². The topological polar surface area (TPSA) is 41.3 Å². The monoisotopic (exact) mass is 283 g/mol. The zero-order valence-electron chi connectivity index (χ0n) is 12.4. The van der Waals surface area contributed by atoms with Gasteiger partial charge in [-0.2, -0.15) is 0 Å². The Bertz CT molecular complexity index is 389. The van der Waals surface area contributed by atoms with E-state index in [1.807, 2.05) is 18.2 Å². The molecule has 0 bridgehead atoms. The zero-order valence-corrected chi connectivity index (χ0v) is 13.2. The Labute approximate surface area is 122 Å². The second kappa shape index (κ2) is 7.25. The van der Waals surface area contributed by atoms with Gasteiger partial charge in [-0.15, -0.1) is 0 Å². The number of halogens is 1. The molecule has 19 heavy (non-hydrogen) atoms. The van der Waals surface area contributed by atoms with Gasteiger partial charge in [-0.25, -0.2) is 0 Å². The molecule has 0 aliphatic heterocycles. The van der Waals surface area contributed by atoms with E-state index in [1.165, 1.54) is 0 Å². The number of hydrogen-bond donors (Lipinski definition) is 2. The van der Waals surface area contributed by atoms with Crippen LogP contribution in [0.1, 0.15) is 33.3 Å². The lowest BCUT2D eigenvalue weighted by atomic mass is 9.88. The Morgan fingerprint density at radius 1 is 1.26 bits per heavy atom. The number of hydrogen-bond acceptors (Lipinski definition) is 3. The third kappa shape index (κ3) is 3.93. The average Bonchev–Trinajstić information content (AvgIpc) is 2.38. The normalized spacial score (nSPS) is 13.8. The highest BCUT2D eigenvalue weighted by molar-refractivity contribution is 6.31. The van der Waals surface area contributed by atoms with Gasteiger partial charge >= 0.3 is 0 Å². The Kier molecular flexibility index (Phi) is 6.27. The van der Waals surface area contributed by atoms with Gasteiger partial charge in [-0.1, -0.05) is 43.6 Å². The summed E-state index contributed by atoms with van der Waals surface area (Å²) in [6, 6.07) is 8.10. The first kappa shape index (κ1) is 16.4. The molecule has 0 amide bonds. The lowest BCUT2D eigenvalue weighted by Crippen LogP contribution is -2.60. The summed E-state index contributed by atoms with van der Waals surface area (Å²) in [5.41, 5.74) is 4.07. The molecule has 0 aromatic heterocycles. The molecule has 0 heterocycles. The number of likely N-dealkylation sites (N-methyl/N-ethyl adjacent to an activating group) is 1. The maximum absolute atomic E-state index is 6.24. The van der Waals surface area contributed by atoms with Crippen LogP contribution < -0.4 is 11.3 Å². The van der Waals surface area contributed by atoms with Gasteiger partial charge in [0.05, 0.1) is 0 Å². The Balaban J connectivity index is 2.92. The van der Waals surface area contributed by atoms with Crippen LogP contribution in [-0.2, 0) is 6.42 Å². The highest BCUT2D eigenvalue weighted by atomic mass is 35.5. The molecular weight excluding hydrogens is 258 g/mol. The van der Waals surface area contributed by atoms with E-state index in [1.54, 1.807) is 0 Å². The summed E-state index contributed by atoms with van der Waals surface area (Å²) in [4.78, 5) is 2.41. The van der Waals surface area contributed by atoms with Crippen LogP contribution in [0.15, 0.2) is 24.3 Å². The number of rotatable bonds is 7. The molecule has 1 aromatic carbocycles. The number of benzene rings is 1. The van der Waals surface area contributed by atoms with E-state index in [0.717, 1.165) is 30.1 Å². The molecule has 0 aliphatic carbocycles. The highest BCUT2D eigenvalue weighted by Gasteiger charge is 2.33. The van der Waals surface area contributed by atoms with Crippen LogP contribution in [0.4, 0.5) is 0 Å². The van der Waals surface area contributed by atoms with Crippen molar-refractivity contribution in [3.05, 3.63) is 34.9 Å². The maximum Gasteiger partial charge on any atom is 0.0438 e. The molecule has 1 rings (SSSR count). The van der Waals surface area contributed by atoms with E-state index in [4.69, 9.17) is 17.4 Å². The van der Waals surface area contributed by atoms with Crippen molar-refractivity contribution in [2.45, 2.75) is 45.7 Å². The molecule has 3 nitrogen and oxygen atoms in total. The summed E-state index contributed by atoms with van der Waals surface area (Å²) in [6.07, 6.45) is 0.819. The van der Waals surface area contributed by atoms with Crippen molar-refractivity contribution in [1.82, 2.24) is 10.3 Å². The van der Waals surface area contributed by atoms with Crippen molar-refractivity contribution in [2.75, 3.05) is 13.1 Å². The fourth-order valence-electron chi connectivity index (χ4n) is 2.66. The third-order valence-electron chi connectivity index (χ3n) is 4.01. The predicted molar refractivity (Wildman–Crippen MR) is 83.3 cm³/mol. The molecule has 0 fully saturated rings. The van der Waals surface area contributed by atoms with Gasteiger partial charge in [-0.05, 0) is 45.0 Å². The van der Waals surface area contributed by atoms with Gasteiger partial charge in [0, 0.05) is 16.6 Å². The van der Waals surface area contributed by atoms with E-state index in [-0.39, 0.29) is 11.6 Å². The van der Waals surface area contributed by atoms with Crippen LogP contribution in [0, 0.1) is 0 Å². The Morgan fingerprint density at radius 2 is 1.84 bits per heavy atom. The van der Waals surface area contributed by atoms with Gasteiger partial charge < -0.3 is 0 Å². The van der Waals surface area contributed by atoms with E-state index in [9.17, 15) is 0 Å². The Morgan fingerprint density at radius 3 is 2.32 bits per heavy atom. The fourth-order valence-corrected chi connectivity index (χ4v) is 2.87. The minimum absolute atomic E-state index is 0.0303. The van der Waals surface area contributed by atoms with E-state index in [2.05, 4.69) is 44.1 Å². The standard InChI is InChI=1S/C15H26ClN3/c1-5-19(6-2)15(3,4)14(18-17)11-12-9-7-8-10-13(12)16/h7-10,14,18H,5-6,11,17H2,1-4H3. The smallest absolute Gasteiger partial charge is 0.0438 e. The summed E-state index contributed by atoms with van der Waals surface area (Å²) in [5, 5.41) is 0.804. The molecule has 108 valence electrons. The molecule has 0 radical (unpaired) electrons. The van der Waals surface area contributed by atoms with Gasteiger partial charge in [0.25, 0.3) is 0 Å². The van der Waals surface area contributed by atoms with Crippen LogP contribution in [0.2, 0.25) is 5.02 Å². The molecule has 0 saturated carbocycles. The Hall–Kier alpha value is -0.610. The van der Waals surface area contributed by atoms with Gasteiger partial charge in [0.2, 0.25) is 0 Å². The lowest BCUT2D eigenvalue weighted by Gasteiger charge is -2.43. The molecule has 1 atom stereocenters. The molecule has 1 unspecified atom stereocenters. The number of nitrogens with two attached hydrogens (primary N) is 1. The molecule has 0 spiro atoms. The third-order valence-corrected chi connectivity index (χ3v) is 4.38. The minimum atomic E-state index is -0.0303. The zero-order chi connectivity index (χ0) is 14.5. The first-order chi connectivity index (χ1) is 8.97. The largest absolute Gasteiger partial charge is 0.297 e. The van der Waals surface area contributed by atoms with Gasteiger partial charge in [-0.3, -0.25) is 16.2 Å². The second-order valence-electron chi connectivity index (χ2n) is 5.34. The molecule has 4 heteroatoms. The van der Waals surface area contributed by atoms with Crippen LogP contribution >= 0.6 is 11.6 Å². The molecule has 3 N–H and O–H groups in total. The average molecular weight is 284 g/mol. The van der Waals surface area contributed by atoms with Gasteiger partial charge in [0.1, 0.15) is 0 Å². The maximum atomic E-state index is 6.24. The predicted octanol–water partition coefficient (Wildman–Crippen LogP) is 2.83. The summed E-state index contributed by atoms with van der Waals surface area (Å²) >= 11 is 6.24. The summed E-state index contributed by atoms with van der Waals surface area (Å²) in [7, 11) is 0. The van der Waals surface area contributed by atoms with Crippen molar-refractivity contribution in [2.24, 2.45) is 5.84 Å². The van der Waals surface area contributed by atoms with Gasteiger partial charge in [0.15, 0.2) is 0 Å². The summed E-state index contributed by atoms with van der Waals surface area (Å²) in [6.45, 7) is 10.8. The number of hydrazine groups is 1. The molecular formula is C15H26ClN3. The fraction of sp³-hybridized carbons (Fsp3) is 0.600. The molecule has 0 aliphatic rings. The first-order valence-corrected chi connectivity index (χ1v) is 7.29. The van der Waals surface area contributed by atoms with Crippen molar-refractivity contribution >= 4 is 11.6 Å². The number of nitrogens with zero attached hydrogens (tertiary/aromatic N) is 1. The van der Waals surface area contributed by atoms with Crippen molar-refractivity contribution in [3.8, 4) is 0 Å². The van der Waals surface area contributed by atoms with Crippen LogP contribution in [0.3, 0.4) is 0 Å². The SMILES string of the molecule is CCN(CC)C(C)(C)C(Cc1ccccc1Cl)NN.